The van der Waals surface area contributed by atoms with Crippen molar-refractivity contribution in [3.05, 3.63) is 22.1 Å². The zero-order chi connectivity index (χ0) is 12.8. The monoisotopic (exact) mass is 304 g/mol. The van der Waals surface area contributed by atoms with E-state index in [4.69, 9.17) is 14.9 Å². The van der Waals surface area contributed by atoms with Crippen LogP contribution in [0.25, 0.3) is 0 Å². The molecule has 17 heavy (non-hydrogen) atoms. The normalized spacial score (nSPS) is 10.0. The average molecular weight is 305 g/mol. The average Bonchev–Trinajstić information content (AvgIpc) is 2.56. The number of esters is 1. The van der Waals surface area contributed by atoms with Gasteiger partial charge in [-0.25, -0.2) is 9.59 Å². The molecule has 0 atom stereocenters. The summed E-state index contributed by atoms with van der Waals surface area (Å²) in [6.07, 6.45) is 0.496. The van der Waals surface area contributed by atoms with Crippen LogP contribution in [-0.2, 0) is 4.74 Å². The fraction of sp³-hybridized carbons (Fsp3) is 0.400. The first-order valence-electron chi connectivity index (χ1n) is 4.97. The molecule has 6 nitrogen and oxygen atoms in total. The smallest absolute Gasteiger partial charge is 0.374 e. The molecule has 0 fully saturated rings. The van der Waals surface area contributed by atoms with Gasteiger partial charge in [0.2, 0.25) is 5.76 Å². The van der Waals surface area contributed by atoms with Crippen LogP contribution in [-0.4, -0.2) is 25.2 Å². The van der Waals surface area contributed by atoms with Gasteiger partial charge in [0.25, 0.3) is 0 Å². The van der Waals surface area contributed by atoms with Gasteiger partial charge in [0.15, 0.2) is 4.67 Å². The number of hydrogen-bond acceptors (Lipinski definition) is 4. The number of amides is 2. The number of carbonyl (C=O) groups is 2. The third-order valence-electron chi connectivity index (χ3n) is 1.93. The lowest BCUT2D eigenvalue weighted by Gasteiger charge is -2.03. The molecule has 0 aliphatic heterocycles. The molecule has 0 saturated heterocycles. The maximum absolute atomic E-state index is 11.5. The molecular formula is C10H13BrN2O4. The molecule has 0 aromatic carbocycles. The van der Waals surface area contributed by atoms with Crippen LogP contribution < -0.4 is 11.1 Å². The van der Waals surface area contributed by atoms with Crippen molar-refractivity contribution in [2.24, 2.45) is 5.73 Å². The second-order valence-corrected chi connectivity index (χ2v) is 4.12. The zero-order valence-electron chi connectivity index (χ0n) is 9.29. The second-order valence-electron chi connectivity index (χ2n) is 3.34. The van der Waals surface area contributed by atoms with Gasteiger partial charge in [-0.15, -0.1) is 0 Å². The van der Waals surface area contributed by atoms with E-state index >= 15 is 0 Å². The first-order valence-corrected chi connectivity index (χ1v) is 5.76. The summed E-state index contributed by atoms with van der Waals surface area (Å²) in [6, 6.07) is 1.09. The van der Waals surface area contributed by atoms with E-state index in [0.29, 0.717) is 23.2 Å². The van der Waals surface area contributed by atoms with Crippen molar-refractivity contribution in [3.63, 3.8) is 0 Å². The Labute approximate surface area is 107 Å². The highest BCUT2D eigenvalue weighted by Gasteiger charge is 2.16. The van der Waals surface area contributed by atoms with E-state index in [2.05, 4.69) is 21.2 Å². The number of nitrogens with two attached hydrogens (primary N) is 1. The van der Waals surface area contributed by atoms with Crippen molar-refractivity contribution in [1.82, 2.24) is 5.32 Å². The van der Waals surface area contributed by atoms with Crippen molar-refractivity contribution in [3.8, 4) is 0 Å². The fourth-order valence-electron chi connectivity index (χ4n) is 1.16. The Balaban J connectivity index is 2.30. The number of furan rings is 1. The largest absolute Gasteiger partial charge is 0.460 e. The number of nitrogens with one attached hydrogen (secondary N) is 1. The van der Waals surface area contributed by atoms with Gasteiger partial charge >= 0.3 is 12.0 Å². The molecule has 1 aromatic rings. The Morgan fingerprint density at radius 1 is 1.59 bits per heavy atom. The molecule has 0 spiro atoms. The van der Waals surface area contributed by atoms with E-state index in [-0.39, 0.29) is 12.4 Å². The van der Waals surface area contributed by atoms with E-state index in [1.54, 1.807) is 13.0 Å². The molecule has 0 aliphatic rings. The van der Waals surface area contributed by atoms with Gasteiger partial charge in [-0.05, 0) is 35.3 Å². The van der Waals surface area contributed by atoms with Crippen molar-refractivity contribution < 1.29 is 18.7 Å². The third kappa shape index (κ3) is 4.48. The van der Waals surface area contributed by atoms with Crippen LogP contribution in [0.4, 0.5) is 4.79 Å². The van der Waals surface area contributed by atoms with Gasteiger partial charge in [0.1, 0.15) is 0 Å². The Kier molecular flexibility index (Phi) is 5.02. The highest BCUT2D eigenvalue weighted by atomic mass is 79.9. The molecular weight excluding hydrogens is 292 g/mol. The molecule has 0 unspecified atom stereocenters. The number of carbonyl (C=O) groups excluding carboxylic acids is 2. The molecule has 0 radical (unpaired) electrons. The molecule has 1 aromatic heterocycles. The first kappa shape index (κ1) is 13.6. The van der Waals surface area contributed by atoms with Gasteiger partial charge in [0.05, 0.1) is 6.61 Å². The Morgan fingerprint density at radius 3 is 2.82 bits per heavy atom. The van der Waals surface area contributed by atoms with Crippen molar-refractivity contribution in [2.75, 3.05) is 13.2 Å². The van der Waals surface area contributed by atoms with E-state index in [1.807, 2.05) is 0 Å². The minimum atomic E-state index is -0.595. The summed E-state index contributed by atoms with van der Waals surface area (Å²) in [4.78, 5) is 21.9. The van der Waals surface area contributed by atoms with Crippen LogP contribution >= 0.6 is 15.9 Å². The van der Waals surface area contributed by atoms with E-state index in [0.717, 1.165) is 0 Å². The lowest BCUT2D eigenvalue weighted by atomic mass is 10.3. The molecule has 0 aliphatic carbocycles. The van der Waals surface area contributed by atoms with Gasteiger partial charge in [0, 0.05) is 12.1 Å². The van der Waals surface area contributed by atoms with Gasteiger partial charge < -0.3 is 20.2 Å². The topological polar surface area (TPSA) is 94.6 Å². The third-order valence-corrected chi connectivity index (χ3v) is 2.32. The molecule has 1 rings (SSSR count). The summed E-state index contributed by atoms with van der Waals surface area (Å²) in [5, 5.41) is 2.39. The minimum Gasteiger partial charge on any atom is -0.460 e. The van der Waals surface area contributed by atoms with Crippen LogP contribution in [0.2, 0.25) is 0 Å². The molecule has 0 bridgehead atoms. The second kappa shape index (κ2) is 6.29. The SMILES string of the molecule is Cc1cc(Br)oc1C(=O)OCCCNC(N)=O. The Hall–Kier alpha value is -1.50. The Morgan fingerprint density at radius 2 is 2.29 bits per heavy atom. The molecule has 3 N–H and O–H groups in total. The van der Waals surface area contributed by atoms with Crippen molar-refractivity contribution in [1.29, 1.82) is 0 Å². The summed E-state index contributed by atoms with van der Waals surface area (Å²) in [5.74, 6) is -0.341. The first-order chi connectivity index (χ1) is 8.00. The van der Waals surface area contributed by atoms with Gasteiger partial charge in [-0.3, -0.25) is 0 Å². The van der Waals surface area contributed by atoms with Gasteiger partial charge in [-0.1, -0.05) is 0 Å². The van der Waals surface area contributed by atoms with Crippen LogP contribution in [0, 0.1) is 6.92 Å². The quantitative estimate of drug-likeness (QED) is 0.637. The standard InChI is InChI=1S/C10H13BrN2O4/c1-6-5-7(11)17-8(6)9(14)16-4-2-3-13-10(12)15/h5H,2-4H2,1H3,(H3,12,13,15). The minimum absolute atomic E-state index is 0.180. The molecule has 7 heteroatoms. The fourth-order valence-corrected chi connectivity index (χ4v) is 1.67. The lowest BCUT2D eigenvalue weighted by molar-refractivity contribution is 0.0463. The zero-order valence-corrected chi connectivity index (χ0v) is 10.9. The summed E-state index contributed by atoms with van der Waals surface area (Å²) in [6.45, 7) is 2.31. The van der Waals surface area contributed by atoms with Crippen LogP contribution in [0.1, 0.15) is 22.5 Å². The predicted molar refractivity (Wildman–Crippen MR) is 63.6 cm³/mol. The van der Waals surface area contributed by atoms with Crippen molar-refractivity contribution >= 4 is 27.9 Å². The predicted octanol–water partition coefficient (Wildman–Crippen LogP) is 1.57. The van der Waals surface area contributed by atoms with Crippen LogP contribution in [0.3, 0.4) is 0 Å². The van der Waals surface area contributed by atoms with Crippen LogP contribution in [0.15, 0.2) is 15.2 Å². The highest BCUT2D eigenvalue weighted by Crippen LogP contribution is 2.20. The van der Waals surface area contributed by atoms with Crippen molar-refractivity contribution in [2.45, 2.75) is 13.3 Å². The molecule has 2 amide bonds. The lowest BCUT2D eigenvalue weighted by Crippen LogP contribution is -2.30. The van der Waals surface area contributed by atoms with E-state index in [1.165, 1.54) is 0 Å². The maximum atomic E-state index is 11.5. The number of urea groups is 1. The van der Waals surface area contributed by atoms with Gasteiger partial charge in [-0.2, -0.15) is 0 Å². The summed E-state index contributed by atoms with van der Waals surface area (Å²) < 4.78 is 10.6. The number of ether oxygens (including phenoxy) is 1. The van der Waals surface area contributed by atoms with E-state index < -0.39 is 12.0 Å². The Bertz CT molecular complexity index is 416. The summed E-state index contributed by atoms with van der Waals surface area (Å²) >= 11 is 3.12. The molecule has 0 saturated carbocycles. The van der Waals surface area contributed by atoms with Crippen LogP contribution in [0.5, 0.6) is 0 Å². The number of hydrogen-bond donors (Lipinski definition) is 2. The highest BCUT2D eigenvalue weighted by molar-refractivity contribution is 9.10. The molecule has 1 heterocycles. The number of aryl methyl sites for hydroxylation is 1. The van der Waals surface area contributed by atoms with E-state index in [9.17, 15) is 9.59 Å². The number of rotatable bonds is 5. The summed E-state index contributed by atoms with van der Waals surface area (Å²) in [7, 11) is 0. The number of halogens is 1. The molecule has 94 valence electrons. The maximum Gasteiger partial charge on any atom is 0.374 e. The number of primary amides is 1. The summed E-state index contributed by atoms with van der Waals surface area (Å²) in [5.41, 5.74) is 5.58.